The first-order chi connectivity index (χ1) is 16.6. The van der Waals surface area contributed by atoms with Crippen LogP contribution in [0.1, 0.15) is 36.4 Å². The number of aromatic nitrogens is 5. The van der Waals surface area contributed by atoms with Crippen LogP contribution >= 0.6 is 11.6 Å². The molecule has 0 radical (unpaired) electrons. The second kappa shape index (κ2) is 9.44. The van der Waals surface area contributed by atoms with E-state index in [9.17, 15) is 14.7 Å². The van der Waals surface area contributed by atoms with Crippen molar-refractivity contribution in [2.75, 3.05) is 0 Å². The van der Waals surface area contributed by atoms with Crippen molar-refractivity contribution in [1.82, 2.24) is 24.3 Å². The third kappa shape index (κ3) is 4.87. The van der Waals surface area contributed by atoms with Gasteiger partial charge in [0.05, 0.1) is 11.3 Å². The predicted molar refractivity (Wildman–Crippen MR) is 132 cm³/mol. The normalized spacial score (nSPS) is 11.5. The number of hydrogen-bond acceptors (Lipinski definition) is 7. The molecule has 0 spiro atoms. The highest BCUT2D eigenvalue weighted by Crippen LogP contribution is 2.26. The third-order valence-corrected chi connectivity index (χ3v) is 5.81. The molecule has 0 aromatic carbocycles. The van der Waals surface area contributed by atoms with Crippen molar-refractivity contribution in [2.24, 2.45) is 0 Å². The fourth-order valence-corrected chi connectivity index (χ4v) is 3.86. The van der Waals surface area contributed by atoms with Crippen molar-refractivity contribution in [3.63, 3.8) is 0 Å². The Morgan fingerprint density at radius 2 is 1.89 bits per heavy atom. The minimum atomic E-state index is -1.32. The Labute approximate surface area is 206 Å². The average Bonchev–Trinajstić information content (AvgIpc) is 2.82. The van der Waals surface area contributed by atoms with Crippen molar-refractivity contribution < 1.29 is 9.84 Å². The van der Waals surface area contributed by atoms with Gasteiger partial charge in [-0.1, -0.05) is 11.6 Å². The quantitative estimate of drug-likeness (QED) is 0.438. The topological polar surface area (TPSA) is 112 Å². The van der Waals surface area contributed by atoms with Gasteiger partial charge in [0.1, 0.15) is 28.9 Å². The molecule has 4 aromatic heterocycles. The minimum Gasteiger partial charge on any atom is -0.485 e. The van der Waals surface area contributed by atoms with E-state index in [1.165, 1.54) is 9.13 Å². The Bertz CT molecular complexity index is 1510. The summed E-state index contributed by atoms with van der Waals surface area (Å²) in [6, 6.07) is 10.0. The Hall–Kier alpha value is -3.82. The molecular weight excluding hydrogens is 470 g/mol. The lowest BCUT2D eigenvalue weighted by atomic mass is 10.0. The van der Waals surface area contributed by atoms with Gasteiger partial charge < -0.3 is 9.84 Å². The van der Waals surface area contributed by atoms with Gasteiger partial charge in [0.15, 0.2) is 0 Å². The molecule has 0 aliphatic rings. The Balaban J connectivity index is 1.78. The van der Waals surface area contributed by atoms with Crippen LogP contribution in [0.5, 0.6) is 5.75 Å². The molecular formula is C25H24ClN5O4. The maximum absolute atomic E-state index is 13.3. The predicted octanol–water partition coefficient (Wildman–Crippen LogP) is 3.25. The monoisotopic (exact) mass is 493 g/mol. The van der Waals surface area contributed by atoms with Crippen LogP contribution in [0.15, 0.2) is 64.6 Å². The summed E-state index contributed by atoms with van der Waals surface area (Å²) in [5.74, 6) is 0.532. The molecule has 0 aliphatic carbocycles. The molecule has 0 saturated heterocycles. The smallest absolute Gasteiger partial charge is 0.277 e. The van der Waals surface area contributed by atoms with E-state index < -0.39 is 16.7 Å². The summed E-state index contributed by atoms with van der Waals surface area (Å²) in [6.45, 7) is 6.76. The lowest BCUT2D eigenvalue weighted by Gasteiger charge is -2.19. The lowest BCUT2D eigenvalue weighted by Crippen LogP contribution is -2.31. The zero-order chi connectivity index (χ0) is 25.3. The second-order valence-corrected chi connectivity index (χ2v) is 8.97. The molecule has 35 heavy (non-hydrogen) atoms. The van der Waals surface area contributed by atoms with Crippen LogP contribution in [0.3, 0.4) is 0 Å². The van der Waals surface area contributed by atoms with Crippen molar-refractivity contribution >= 4 is 11.6 Å². The van der Waals surface area contributed by atoms with E-state index in [0.717, 1.165) is 0 Å². The van der Waals surface area contributed by atoms with E-state index in [0.29, 0.717) is 28.5 Å². The molecule has 0 atom stereocenters. The number of hydrogen-bond donors (Lipinski definition) is 1. The van der Waals surface area contributed by atoms with Crippen molar-refractivity contribution in [3.8, 4) is 17.3 Å². The molecule has 0 bridgehead atoms. The minimum absolute atomic E-state index is 0.0848. The molecule has 0 aliphatic heterocycles. The molecule has 9 nitrogen and oxygen atoms in total. The zero-order valence-corrected chi connectivity index (χ0v) is 20.4. The molecule has 4 aromatic rings. The number of aryl methyl sites for hydroxylation is 2. The number of ether oxygens (including phenoxy) is 1. The van der Waals surface area contributed by atoms with Crippen LogP contribution in [0, 0.1) is 13.8 Å². The van der Waals surface area contributed by atoms with Gasteiger partial charge in [-0.05, 0) is 57.5 Å². The van der Waals surface area contributed by atoms with E-state index in [1.807, 2.05) is 0 Å². The third-order valence-electron chi connectivity index (χ3n) is 5.46. The first-order valence-electron chi connectivity index (χ1n) is 10.8. The summed E-state index contributed by atoms with van der Waals surface area (Å²) in [6.07, 6.45) is 4.69. The molecule has 180 valence electrons. The van der Waals surface area contributed by atoms with Crippen LogP contribution < -0.4 is 15.9 Å². The van der Waals surface area contributed by atoms with Crippen molar-refractivity contribution in [1.29, 1.82) is 0 Å². The molecule has 4 heterocycles. The standard InChI is InChI=1S/C25H24ClN5O4/c1-15-13-27-21(30-10-6-8-18(23(30)32)25(3,4)34)12-19(15)31-16(2)11-20(22(26)24(31)33)35-14-17-7-5-9-28-29-17/h5-13,34H,14H2,1-4H3. The summed E-state index contributed by atoms with van der Waals surface area (Å²) < 4.78 is 8.51. The van der Waals surface area contributed by atoms with Gasteiger partial charge in [0, 0.05) is 42.0 Å². The summed E-state index contributed by atoms with van der Waals surface area (Å²) in [7, 11) is 0. The summed E-state index contributed by atoms with van der Waals surface area (Å²) in [4.78, 5) is 30.7. The first-order valence-corrected chi connectivity index (χ1v) is 11.2. The molecule has 1 N–H and O–H groups in total. The van der Waals surface area contributed by atoms with Gasteiger partial charge in [0.25, 0.3) is 11.1 Å². The second-order valence-electron chi connectivity index (χ2n) is 8.59. The number of halogens is 1. The first kappa shape index (κ1) is 24.3. The van der Waals surface area contributed by atoms with E-state index in [2.05, 4.69) is 15.2 Å². The summed E-state index contributed by atoms with van der Waals surface area (Å²) >= 11 is 6.40. The Morgan fingerprint density at radius 3 is 2.57 bits per heavy atom. The molecule has 4 rings (SSSR count). The number of rotatable bonds is 6. The number of nitrogens with zero attached hydrogens (tertiary/aromatic N) is 5. The van der Waals surface area contributed by atoms with Crippen LogP contribution in [0.2, 0.25) is 5.02 Å². The van der Waals surface area contributed by atoms with Crippen LogP contribution in [-0.2, 0) is 12.2 Å². The van der Waals surface area contributed by atoms with Crippen molar-refractivity contribution in [3.05, 3.63) is 103 Å². The van der Waals surface area contributed by atoms with E-state index in [-0.39, 0.29) is 22.9 Å². The fourth-order valence-electron chi connectivity index (χ4n) is 3.66. The molecule has 0 fully saturated rings. The van der Waals surface area contributed by atoms with E-state index in [4.69, 9.17) is 16.3 Å². The van der Waals surface area contributed by atoms with Gasteiger partial charge in [-0.25, -0.2) is 4.98 Å². The van der Waals surface area contributed by atoms with Gasteiger partial charge >= 0.3 is 0 Å². The SMILES string of the molecule is Cc1cnc(-n2cccc(C(C)(C)O)c2=O)cc1-n1c(C)cc(OCc2cccnn2)c(Cl)c1=O. The van der Waals surface area contributed by atoms with E-state index >= 15 is 0 Å². The maximum Gasteiger partial charge on any atom is 0.277 e. The molecule has 0 saturated carbocycles. The van der Waals surface area contributed by atoms with Crippen LogP contribution in [0.4, 0.5) is 0 Å². The van der Waals surface area contributed by atoms with Gasteiger partial charge in [0.2, 0.25) is 0 Å². The fraction of sp³-hybridized carbons (Fsp3) is 0.240. The number of pyridine rings is 3. The Kier molecular flexibility index (Phi) is 6.56. The zero-order valence-electron chi connectivity index (χ0n) is 19.7. The largest absolute Gasteiger partial charge is 0.485 e. The highest BCUT2D eigenvalue weighted by atomic mass is 35.5. The van der Waals surface area contributed by atoms with Crippen LogP contribution in [0.25, 0.3) is 11.5 Å². The highest BCUT2D eigenvalue weighted by molar-refractivity contribution is 6.31. The summed E-state index contributed by atoms with van der Waals surface area (Å²) in [5, 5.41) is 18.0. The van der Waals surface area contributed by atoms with Crippen molar-refractivity contribution in [2.45, 2.75) is 39.9 Å². The van der Waals surface area contributed by atoms with Gasteiger partial charge in [-0.2, -0.15) is 10.2 Å². The molecule has 0 amide bonds. The van der Waals surface area contributed by atoms with Gasteiger partial charge in [-0.3, -0.25) is 18.7 Å². The van der Waals surface area contributed by atoms with Gasteiger partial charge in [-0.15, -0.1) is 0 Å². The summed E-state index contributed by atoms with van der Waals surface area (Å²) in [5.41, 5.74) is 0.414. The molecule has 0 unspecified atom stereocenters. The maximum atomic E-state index is 13.3. The average molecular weight is 494 g/mol. The van der Waals surface area contributed by atoms with Crippen LogP contribution in [-0.4, -0.2) is 29.4 Å². The Morgan fingerprint density at radius 1 is 1.11 bits per heavy atom. The lowest BCUT2D eigenvalue weighted by molar-refractivity contribution is 0.0768. The highest BCUT2D eigenvalue weighted by Gasteiger charge is 2.22. The molecule has 10 heteroatoms. The number of aliphatic hydroxyl groups is 1. The van der Waals surface area contributed by atoms with E-state index in [1.54, 1.807) is 82.7 Å².